The van der Waals surface area contributed by atoms with Crippen LogP contribution in [-0.2, 0) is 14.3 Å². The highest BCUT2D eigenvalue weighted by Gasteiger charge is 2.55. The van der Waals surface area contributed by atoms with Crippen LogP contribution in [0.25, 0.3) is 0 Å². The van der Waals surface area contributed by atoms with Gasteiger partial charge in [-0.2, -0.15) is 11.8 Å². The zero-order valence-corrected chi connectivity index (χ0v) is 14.6. The molecule has 0 bridgehead atoms. The SMILES string of the molecule is O=C1OC(CSC2CCCC2)(C(=O)O)C(SC2CCCC2)=C1O. The summed E-state index contributed by atoms with van der Waals surface area (Å²) < 4.78 is 5.20. The molecule has 23 heavy (non-hydrogen) atoms. The fraction of sp³-hybridized carbons (Fsp3) is 0.750. The molecule has 3 aliphatic rings. The molecule has 0 aromatic rings. The number of cyclic esters (lactones) is 1. The second-order valence-electron chi connectivity index (χ2n) is 6.44. The topological polar surface area (TPSA) is 83.8 Å². The lowest BCUT2D eigenvalue weighted by Gasteiger charge is -2.27. The zero-order chi connectivity index (χ0) is 16.4. The average molecular weight is 358 g/mol. The largest absolute Gasteiger partial charge is 0.501 e. The quantitative estimate of drug-likeness (QED) is 0.703. The maximum absolute atomic E-state index is 12.0. The van der Waals surface area contributed by atoms with Crippen molar-refractivity contribution in [1.82, 2.24) is 0 Å². The molecule has 3 rings (SSSR count). The molecule has 1 heterocycles. The normalized spacial score (nSPS) is 29.5. The Bertz CT molecular complexity index is 521. The number of esters is 1. The average Bonchev–Trinajstić information content (AvgIpc) is 3.24. The first kappa shape index (κ1) is 17.0. The molecule has 2 aliphatic carbocycles. The van der Waals surface area contributed by atoms with Gasteiger partial charge in [-0.25, -0.2) is 9.59 Å². The molecule has 5 nitrogen and oxygen atoms in total. The van der Waals surface area contributed by atoms with Gasteiger partial charge in [0.15, 0.2) is 0 Å². The highest BCUT2D eigenvalue weighted by atomic mass is 32.2. The van der Waals surface area contributed by atoms with Crippen LogP contribution >= 0.6 is 23.5 Å². The first-order chi connectivity index (χ1) is 11.0. The van der Waals surface area contributed by atoms with E-state index in [4.69, 9.17) is 4.74 Å². The second-order valence-corrected chi connectivity index (χ2v) is 9.04. The van der Waals surface area contributed by atoms with Crippen LogP contribution in [0.3, 0.4) is 0 Å². The van der Waals surface area contributed by atoms with Crippen molar-refractivity contribution in [1.29, 1.82) is 0 Å². The molecular weight excluding hydrogens is 336 g/mol. The number of carboxylic acids is 1. The van der Waals surface area contributed by atoms with Crippen LogP contribution in [0.2, 0.25) is 0 Å². The summed E-state index contributed by atoms with van der Waals surface area (Å²) in [4.78, 5) is 24.0. The number of aliphatic hydroxyl groups is 1. The van der Waals surface area contributed by atoms with Gasteiger partial charge in [-0.05, 0) is 25.7 Å². The third-order valence-electron chi connectivity index (χ3n) is 4.80. The van der Waals surface area contributed by atoms with Gasteiger partial charge in [0.05, 0.1) is 4.91 Å². The highest BCUT2D eigenvalue weighted by Crippen LogP contribution is 2.47. The van der Waals surface area contributed by atoms with Crippen molar-refractivity contribution in [2.24, 2.45) is 0 Å². The second kappa shape index (κ2) is 6.97. The Morgan fingerprint density at radius 2 is 1.70 bits per heavy atom. The van der Waals surface area contributed by atoms with Crippen molar-refractivity contribution in [2.45, 2.75) is 67.5 Å². The van der Waals surface area contributed by atoms with Crippen LogP contribution in [-0.4, -0.2) is 44.0 Å². The molecule has 2 N–H and O–H groups in total. The van der Waals surface area contributed by atoms with E-state index < -0.39 is 23.3 Å². The molecule has 0 aromatic carbocycles. The van der Waals surface area contributed by atoms with E-state index >= 15 is 0 Å². The first-order valence-electron chi connectivity index (χ1n) is 8.21. The van der Waals surface area contributed by atoms with Gasteiger partial charge >= 0.3 is 11.9 Å². The fourth-order valence-electron chi connectivity index (χ4n) is 3.45. The van der Waals surface area contributed by atoms with E-state index in [2.05, 4.69) is 0 Å². The summed E-state index contributed by atoms with van der Waals surface area (Å²) in [6.45, 7) is 0. The molecule has 1 unspecified atom stereocenters. The molecule has 1 atom stereocenters. The van der Waals surface area contributed by atoms with E-state index in [1.807, 2.05) is 0 Å². The minimum atomic E-state index is -1.71. The first-order valence-corrected chi connectivity index (χ1v) is 10.1. The van der Waals surface area contributed by atoms with Crippen molar-refractivity contribution >= 4 is 35.5 Å². The molecule has 0 aromatic heterocycles. The number of rotatable bonds is 6. The van der Waals surface area contributed by atoms with Crippen LogP contribution in [0, 0.1) is 0 Å². The van der Waals surface area contributed by atoms with Crippen molar-refractivity contribution in [3.05, 3.63) is 10.7 Å². The number of hydrogen-bond donors (Lipinski definition) is 2. The number of hydrogen-bond acceptors (Lipinski definition) is 6. The van der Waals surface area contributed by atoms with Crippen molar-refractivity contribution in [2.75, 3.05) is 5.75 Å². The van der Waals surface area contributed by atoms with Crippen molar-refractivity contribution < 1.29 is 24.5 Å². The molecule has 1 aliphatic heterocycles. The lowest BCUT2D eigenvalue weighted by Crippen LogP contribution is -2.44. The number of aliphatic carboxylic acids is 1. The minimum Gasteiger partial charge on any atom is -0.501 e. The standard InChI is InChI=1S/C16H22O5S2/c17-12-13(23-11-7-3-4-8-11)16(15(19)20,21-14(12)18)9-22-10-5-1-2-6-10/h10-11,17H,1-9H2,(H,19,20). The lowest BCUT2D eigenvalue weighted by molar-refractivity contribution is -0.165. The number of carbonyl (C=O) groups excluding carboxylic acids is 1. The summed E-state index contributed by atoms with van der Waals surface area (Å²) in [6.07, 6.45) is 8.69. The Kier molecular flexibility index (Phi) is 5.16. The van der Waals surface area contributed by atoms with Crippen LogP contribution in [0.5, 0.6) is 0 Å². The lowest BCUT2D eigenvalue weighted by atomic mass is 10.1. The smallest absolute Gasteiger partial charge is 0.375 e. The Hall–Kier alpha value is -0.820. The van der Waals surface area contributed by atoms with E-state index in [-0.39, 0.29) is 15.9 Å². The summed E-state index contributed by atoms with van der Waals surface area (Å²) >= 11 is 2.89. The van der Waals surface area contributed by atoms with Crippen LogP contribution in [0.15, 0.2) is 10.7 Å². The molecule has 2 saturated carbocycles. The zero-order valence-electron chi connectivity index (χ0n) is 13.0. The Morgan fingerprint density at radius 1 is 1.13 bits per heavy atom. The van der Waals surface area contributed by atoms with E-state index in [0.29, 0.717) is 5.25 Å². The summed E-state index contributed by atoms with van der Waals surface area (Å²) in [5, 5.41) is 20.6. The Balaban J connectivity index is 1.80. The monoisotopic (exact) mass is 358 g/mol. The van der Waals surface area contributed by atoms with Gasteiger partial charge in [-0.1, -0.05) is 25.7 Å². The number of ether oxygens (including phenoxy) is 1. The molecule has 128 valence electrons. The maximum Gasteiger partial charge on any atom is 0.375 e. The summed E-state index contributed by atoms with van der Waals surface area (Å²) in [6, 6.07) is 0. The molecule has 0 radical (unpaired) electrons. The van der Waals surface area contributed by atoms with E-state index in [1.54, 1.807) is 11.8 Å². The van der Waals surface area contributed by atoms with E-state index in [0.717, 1.165) is 38.5 Å². The predicted octanol–water partition coefficient (Wildman–Crippen LogP) is 3.49. The van der Waals surface area contributed by atoms with E-state index in [9.17, 15) is 19.8 Å². The molecule has 0 saturated heterocycles. The fourth-order valence-corrected chi connectivity index (χ4v) is 6.49. The molecular formula is C16H22O5S2. The van der Waals surface area contributed by atoms with Gasteiger partial charge < -0.3 is 14.9 Å². The summed E-state index contributed by atoms with van der Waals surface area (Å²) in [5.74, 6) is -2.41. The number of carboxylic acid groups (broad SMARTS) is 1. The summed E-state index contributed by atoms with van der Waals surface area (Å²) in [7, 11) is 0. The molecule has 0 spiro atoms. The third kappa shape index (κ3) is 3.36. The minimum absolute atomic E-state index is 0.178. The molecule has 7 heteroatoms. The molecule has 0 amide bonds. The maximum atomic E-state index is 12.0. The van der Waals surface area contributed by atoms with E-state index in [1.165, 1.54) is 24.6 Å². The molecule has 2 fully saturated rings. The Morgan fingerprint density at radius 3 is 2.26 bits per heavy atom. The van der Waals surface area contributed by atoms with Gasteiger partial charge in [0.2, 0.25) is 5.76 Å². The Labute approximate surface area is 144 Å². The number of thioether (sulfide) groups is 2. The highest BCUT2D eigenvalue weighted by molar-refractivity contribution is 8.04. The van der Waals surface area contributed by atoms with Crippen molar-refractivity contribution in [3.8, 4) is 0 Å². The number of aliphatic hydroxyl groups excluding tert-OH is 1. The van der Waals surface area contributed by atoms with Crippen LogP contribution < -0.4 is 0 Å². The van der Waals surface area contributed by atoms with Crippen LogP contribution in [0.4, 0.5) is 0 Å². The number of carbonyl (C=O) groups is 2. The predicted molar refractivity (Wildman–Crippen MR) is 90.7 cm³/mol. The van der Waals surface area contributed by atoms with Crippen LogP contribution in [0.1, 0.15) is 51.4 Å². The van der Waals surface area contributed by atoms with Gasteiger partial charge in [-0.3, -0.25) is 0 Å². The van der Waals surface area contributed by atoms with Gasteiger partial charge in [0.1, 0.15) is 0 Å². The van der Waals surface area contributed by atoms with Gasteiger partial charge in [-0.15, -0.1) is 11.8 Å². The summed E-state index contributed by atoms with van der Waals surface area (Å²) in [5.41, 5.74) is -1.71. The van der Waals surface area contributed by atoms with Gasteiger partial charge in [0, 0.05) is 16.3 Å². The van der Waals surface area contributed by atoms with Gasteiger partial charge in [0.25, 0.3) is 5.60 Å². The van der Waals surface area contributed by atoms with Crippen molar-refractivity contribution in [3.63, 3.8) is 0 Å². The third-order valence-corrected chi connectivity index (χ3v) is 7.88.